The largest absolute Gasteiger partial charge is 0.478 e. The molecule has 0 unspecified atom stereocenters. The highest BCUT2D eigenvalue weighted by Gasteiger charge is 2.08. The van der Waals surface area contributed by atoms with Crippen molar-refractivity contribution in [1.82, 2.24) is 0 Å². The topological polar surface area (TPSA) is 63.6 Å². The maximum atomic E-state index is 11.6. The Morgan fingerprint density at radius 3 is 2.16 bits per heavy atom. The predicted octanol–water partition coefficient (Wildman–Crippen LogP) is 3.54. The van der Waals surface area contributed by atoms with Crippen LogP contribution in [0.5, 0.6) is 0 Å². The standard InChI is InChI=1S/C14H18O4.ClH/c1-2-3-4-5-10-18-14(17)12-8-6-11(7-9-12)13(15)16;/h6-9H,2-5,10H2,1H3,(H,15,16);1H. The number of ether oxygens (including phenoxy) is 1. The van der Waals surface area contributed by atoms with Crippen LogP contribution in [0, 0.1) is 0 Å². The summed E-state index contributed by atoms with van der Waals surface area (Å²) in [6.07, 6.45) is 4.21. The van der Waals surface area contributed by atoms with Gasteiger partial charge >= 0.3 is 11.9 Å². The zero-order valence-electron chi connectivity index (χ0n) is 10.9. The molecular formula is C14H19ClO4. The van der Waals surface area contributed by atoms with Gasteiger partial charge in [0, 0.05) is 0 Å². The Morgan fingerprint density at radius 2 is 1.63 bits per heavy atom. The Bertz CT molecular complexity index is 400. The zero-order valence-corrected chi connectivity index (χ0v) is 11.7. The third kappa shape index (κ3) is 6.25. The maximum absolute atomic E-state index is 11.6. The number of halogens is 1. The highest BCUT2D eigenvalue weighted by atomic mass is 35.5. The zero-order chi connectivity index (χ0) is 13.4. The Hall–Kier alpha value is -1.55. The van der Waals surface area contributed by atoms with E-state index in [4.69, 9.17) is 9.84 Å². The Morgan fingerprint density at radius 1 is 1.05 bits per heavy atom. The summed E-state index contributed by atoms with van der Waals surface area (Å²) in [5, 5.41) is 8.72. The normalized spacial score (nSPS) is 9.53. The summed E-state index contributed by atoms with van der Waals surface area (Å²) in [7, 11) is 0. The van der Waals surface area contributed by atoms with Gasteiger partial charge in [0.15, 0.2) is 0 Å². The second-order valence-electron chi connectivity index (χ2n) is 4.08. The fourth-order valence-corrected chi connectivity index (χ4v) is 1.53. The predicted molar refractivity (Wildman–Crippen MR) is 75.1 cm³/mol. The van der Waals surface area contributed by atoms with E-state index >= 15 is 0 Å². The molecule has 0 amide bonds. The van der Waals surface area contributed by atoms with Crippen molar-refractivity contribution < 1.29 is 19.4 Å². The molecule has 0 saturated carbocycles. The van der Waals surface area contributed by atoms with E-state index in [1.165, 1.54) is 24.3 Å². The molecule has 0 fully saturated rings. The average Bonchev–Trinajstić information content (AvgIpc) is 2.38. The van der Waals surface area contributed by atoms with Gasteiger partial charge in [0.1, 0.15) is 0 Å². The average molecular weight is 287 g/mol. The lowest BCUT2D eigenvalue weighted by atomic mass is 10.1. The maximum Gasteiger partial charge on any atom is 0.338 e. The summed E-state index contributed by atoms with van der Waals surface area (Å²) in [5.74, 6) is -1.40. The molecule has 0 spiro atoms. The van der Waals surface area contributed by atoms with Crippen molar-refractivity contribution >= 4 is 24.3 Å². The number of aromatic carboxylic acids is 1. The van der Waals surface area contributed by atoms with Crippen LogP contribution >= 0.6 is 12.4 Å². The molecule has 1 N–H and O–H groups in total. The fourth-order valence-electron chi connectivity index (χ4n) is 1.53. The molecule has 0 aromatic heterocycles. The molecule has 1 aromatic rings. The van der Waals surface area contributed by atoms with Gasteiger partial charge in [-0.15, -0.1) is 12.4 Å². The van der Waals surface area contributed by atoms with Crippen LogP contribution in [-0.2, 0) is 4.74 Å². The van der Waals surface area contributed by atoms with Gasteiger partial charge in [-0.05, 0) is 30.7 Å². The van der Waals surface area contributed by atoms with Crippen LogP contribution in [0.1, 0.15) is 53.3 Å². The Kier molecular flexibility index (Phi) is 8.62. The molecule has 0 aliphatic carbocycles. The minimum Gasteiger partial charge on any atom is -0.478 e. The second-order valence-corrected chi connectivity index (χ2v) is 4.08. The summed E-state index contributed by atoms with van der Waals surface area (Å²) >= 11 is 0. The number of rotatable bonds is 7. The molecule has 0 bridgehead atoms. The molecule has 19 heavy (non-hydrogen) atoms. The lowest BCUT2D eigenvalue weighted by Gasteiger charge is -2.04. The molecule has 0 radical (unpaired) electrons. The lowest BCUT2D eigenvalue weighted by Crippen LogP contribution is -2.07. The number of benzene rings is 1. The van der Waals surface area contributed by atoms with Crippen LogP contribution in [0.2, 0.25) is 0 Å². The van der Waals surface area contributed by atoms with Crippen molar-refractivity contribution in [3.63, 3.8) is 0 Å². The minimum atomic E-state index is -1.01. The van der Waals surface area contributed by atoms with E-state index in [1.54, 1.807) is 0 Å². The molecule has 0 aliphatic heterocycles. The van der Waals surface area contributed by atoms with Crippen LogP contribution in [0.25, 0.3) is 0 Å². The monoisotopic (exact) mass is 286 g/mol. The van der Waals surface area contributed by atoms with Crippen molar-refractivity contribution in [2.75, 3.05) is 6.61 Å². The van der Waals surface area contributed by atoms with Gasteiger partial charge in [-0.2, -0.15) is 0 Å². The molecule has 1 aromatic carbocycles. The van der Waals surface area contributed by atoms with Gasteiger partial charge in [0.05, 0.1) is 17.7 Å². The van der Waals surface area contributed by atoms with Gasteiger partial charge in [-0.25, -0.2) is 9.59 Å². The molecular weight excluding hydrogens is 268 g/mol. The van der Waals surface area contributed by atoms with E-state index in [1.807, 2.05) is 0 Å². The second kappa shape index (κ2) is 9.39. The summed E-state index contributed by atoms with van der Waals surface area (Å²) in [6, 6.07) is 5.74. The number of unbranched alkanes of at least 4 members (excludes halogenated alkanes) is 3. The van der Waals surface area contributed by atoms with Crippen LogP contribution in [0.4, 0.5) is 0 Å². The van der Waals surface area contributed by atoms with Crippen LogP contribution in [0.15, 0.2) is 24.3 Å². The minimum absolute atomic E-state index is 0. The first kappa shape index (κ1) is 17.4. The summed E-state index contributed by atoms with van der Waals surface area (Å²) < 4.78 is 5.09. The molecule has 4 nitrogen and oxygen atoms in total. The van der Waals surface area contributed by atoms with E-state index in [0.717, 1.165) is 25.7 Å². The summed E-state index contributed by atoms with van der Waals surface area (Å²) in [4.78, 5) is 22.2. The van der Waals surface area contributed by atoms with Gasteiger partial charge in [-0.3, -0.25) is 0 Å². The van der Waals surface area contributed by atoms with Crippen LogP contribution in [0.3, 0.4) is 0 Å². The molecule has 1 rings (SSSR count). The molecule has 5 heteroatoms. The van der Waals surface area contributed by atoms with Gasteiger partial charge in [0.25, 0.3) is 0 Å². The highest BCUT2D eigenvalue weighted by Crippen LogP contribution is 2.07. The van der Waals surface area contributed by atoms with Gasteiger partial charge in [-0.1, -0.05) is 26.2 Å². The van der Waals surface area contributed by atoms with E-state index in [-0.39, 0.29) is 18.0 Å². The molecule has 0 heterocycles. The van der Waals surface area contributed by atoms with E-state index in [9.17, 15) is 9.59 Å². The van der Waals surface area contributed by atoms with Crippen molar-refractivity contribution in [3.05, 3.63) is 35.4 Å². The first-order valence-corrected chi connectivity index (χ1v) is 6.15. The number of carbonyl (C=O) groups is 2. The number of hydrogen-bond donors (Lipinski definition) is 1. The quantitative estimate of drug-likeness (QED) is 0.615. The van der Waals surface area contributed by atoms with Crippen LogP contribution < -0.4 is 0 Å². The number of hydrogen-bond acceptors (Lipinski definition) is 3. The highest BCUT2D eigenvalue weighted by molar-refractivity contribution is 5.92. The molecule has 0 saturated heterocycles. The third-order valence-electron chi connectivity index (χ3n) is 2.60. The Labute approximate surface area is 119 Å². The first-order chi connectivity index (χ1) is 8.65. The number of carbonyl (C=O) groups excluding carboxylic acids is 1. The van der Waals surface area contributed by atoms with E-state index < -0.39 is 11.9 Å². The van der Waals surface area contributed by atoms with Crippen molar-refractivity contribution in [3.8, 4) is 0 Å². The van der Waals surface area contributed by atoms with Crippen molar-refractivity contribution in [2.45, 2.75) is 32.6 Å². The SMILES string of the molecule is CCCCCCOC(=O)c1ccc(C(=O)O)cc1.Cl. The van der Waals surface area contributed by atoms with Gasteiger partial charge < -0.3 is 9.84 Å². The number of esters is 1. The van der Waals surface area contributed by atoms with Gasteiger partial charge in [0.2, 0.25) is 0 Å². The number of carboxylic acids is 1. The van der Waals surface area contributed by atoms with Crippen molar-refractivity contribution in [1.29, 1.82) is 0 Å². The molecule has 0 atom stereocenters. The van der Waals surface area contributed by atoms with E-state index in [0.29, 0.717) is 12.2 Å². The number of carboxylic acid groups (broad SMARTS) is 1. The smallest absolute Gasteiger partial charge is 0.338 e. The first-order valence-electron chi connectivity index (χ1n) is 6.15. The third-order valence-corrected chi connectivity index (χ3v) is 2.60. The fraction of sp³-hybridized carbons (Fsp3) is 0.429. The lowest BCUT2D eigenvalue weighted by molar-refractivity contribution is 0.0496. The summed E-state index contributed by atoms with van der Waals surface area (Å²) in [5.41, 5.74) is 0.546. The summed E-state index contributed by atoms with van der Waals surface area (Å²) in [6.45, 7) is 2.54. The van der Waals surface area contributed by atoms with Crippen LogP contribution in [-0.4, -0.2) is 23.7 Å². The van der Waals surface area contributed by atoms with E-state index in [2.05, 4.69) is 6.92 Å². The molecule has 0 aliphatic rings. The Balaban J connectivity index is 0.00000324. The molecule has 106 valence electrons. The van der Waals surface area contributed by atoms with Crippen molar-refractivity contribution in [2.24, 2.45) is 0 Å².